The number of benzene rings is 3. The van der Waals surface area contributed by atoms with Crippen molar-refractivity contribution in [1.82, 2.24) is 4.90 Å². The molecule has 0 radical (unpaired) electrons. The molecule has 33 heavy (non-hydrogen) atoms. The molecule has 0 aliphatic carbocycles. The maximum atomic E-state index is 13.2. The molecule has 6 heteroatoms. The number of piperazine rings is 1. The topological polar surface area (TPSA) is 51.2 Å². The zero-order valence-electron chi connectivity index (χ0n) is 19.2. The Balaban J connectivity index is 1.46. The fourth-order valence-electron chi connectivity index (χ4n) is 4.00. The average molecular weight is 447 g/mol. The van der Waals surface area contributed by atoms with E-state index in [-0.39, 0.29) is 12.5 Å². The molecule has 1 aliphatic rings. The van der Waals surface area contributed by atoms with Crippen molar-refractivity contribution in [2.45, 2.75) is 13.5 Å². The molecule has 3 aromatic carbocycles. The quantitative estimate of drug-likeness (QED) is 0.505. The van der Waals surface area contributed by atoms with Gasteiger partial charge in [0.2, 0.25) is 0 Å². The first-order chi connectivity index (χ1) is 16.2. The Labute approximate surface area is 195 Å². The number of anilines is 1. The van der Waals surface area contributed by atoms with Crippen molar-refractivity contribution < 1.29 is 19.0 Å². The van der Waals surface area contributed by atoms with Gasteiger partial charge < -0.3 is 24.0 Å². The van der Waals surface area contributed by atoms with E-state index >= 15 is 0 Å². The summed E-state index contributed by atoms with van der Waals surface area (Å²) in [6, 6.07) is 23.4. The molecule has 0 atom stereocenters. The Hall–Kier alpha value is -3.67. The number of amides is 1. The fourth-order valence-corrected chi connectivity index (χ4v) is 4.00. The molecule has 1 saturated heterocycles. The van der Waals surface area contributed by atoms with Crippen LogP contribution in [0.2, 0.25) is 0 Å². The molecule has 0 N–H and O–H groups in total. The first-order valence-corrected chi connectivity index (χ1v) is 11.3. The Morgan fingerprint density at radius 1 is 0.818 bits per heavy atom. The van der Waals surface area contributed by atoms with Crippen LogP contribution in [-0.4, -0.2) is 50.7 Å². The molecule has 3 aromatic rings. The van der Waals surface area contributed by atoms with E-state index in [1.807, 2.05) is 72.5 Å². The van der Waals surface area contributed by atoms with E-state index in [2.05, 4.69) is 17.0 Å². The van der Waals surface area contributed by atoms with Crippen LogP contribution < -0.4 is 19.1 Å². The Morgan fingerprint density at radius 2 is 1.52 bits per heavy atom. The van der Waals surface area contributed by atoms with Gasteiger partial charge >= 0.3 is 0 Å². The normalized spacial score (nSPS) is 13.5. The lowest BCUT2D eigenvalue weighted by atomic mass is 10.1. The van der Waals surface area contributed by atoms with Crippen molar-refractivity contribution in [1.29, 1.82) is 0 Å². The van der Waals surface area contributed by atoms with Crippen molar-refractivity contribution in [3.63, 3.8) is 0 Å². The highest BCUT2D eigenvalue weighted by atomic mass is 16.5. The molecule has 1 fully saturated rings. The summed E-state index contributed by atoms with van der Waals surface area (Å²) in [5.41, 5.74) is 2.67. The second-order valence-corrected chi connectivity index (χ2v) is 7.81. The van der Waals surface area contributed by atoms with Gasteiger partial charge in [-0.15, -0.1) is 0 Å². The highest BCUT2D eigenvalue weighted by Gasteiger charge is 2.23. The summed E-state index contributed by atoms with van der Waals surface area (Å²) in [6.45, 7) is 5.76. The van der Waals surface area contributed by atoms with Crippen molar-refractivity contribution in [3.8, 4) is 17.2 Å². The van der Waals surface area contributed by atoms with Gasteiger partial charge in [0, 0.05) is 43.0 Å². The fraction of sp³-hybridized carbons (Fsp3) is 0.296. The van der Waals surface area contributed by atoms with Crippen LogP contribution in [0.25, 0.3) is 0 Å². The molecule has 0 aromatic heterocycles. The first-order valence-electron chi connectivity index (χ1n) is 11.3. The molecule has 6 nitrogen and oxygen atoms in total. The lowest BCUT2D eigenvalue weighted by Gasteiger charge is -2.36. The lowest BCUT2D eigenvalue weighted by molar-refractivity contribution is 0.0746. The smallest absolute Gasteiger partial charge is 0.253 e. The molecule has 1 aliphatic heterocycles. The monoisotopic (exact) mass is 446 g/mol. The largest absolute Gasteiger partial charge is 0.493 e. The second-order valence-electron chi connectivity index (χ2n) is 7.81. The summed E-state index contributed by atoms with van der Waals surface area (Å²) in [7, 11) is 1.62. The Bertz CT molecular complexity index is 1060. The van der Waals surface area contributed by atoms with Gasteiger partial charge in [0.15, 0.2) is 11.5 Å². The minimum atomic E-state index is 0.0318. The molecule has 0 spiro atoms. The minimum Gasteiger partial charge on any atom is -0.493 e. The van der Waals surface area contributed by atoms with Gasteiger partial charge in [-0.25, -0.2) is 0 Å². The second kappa shape index (κ2) is 10.8. The van der Waals surface area contributed by atoms with Gasteiger partial charge in [0.25, 0.3) is 5.91 Å². The van der Waals surface area contributed by atoms with Crippen LogP contribution in [0.15, 0.2) is 72.8 Å². The average Bonchev–Trinajstić information content (AvgIpc) is 2.88. The van der Waals surface area contributed by atoms with E-state index < -0.39 is 0 Å². The van der Waals surface area contributed by atoms with Crippen molar-refractivity contribution in [2.24, 2.45) is 0 Å². The van der Waals surface area contributed by atoms with E-state index in [0.717, 1.165) is 24.4 Å². The van der Waals surface area contributed by atoms with Crippen LogP contribution in [0.3, 0.4) is 0 Å². The summed E-state index contributed by atoms with van der Waals surface area (Å²) in [6.07, 6.45) is 0. The maximum absolute atomic E-state index is 13.2. The van der Waals surface area contributed by atoms with E-state index in [0.29, 0.717) is 36.8 Å². The van der Waals surface area contributed by atoms with Crippen LogP contribution >= 0.6 is 0 Å². The van der Waals surface area contributed by atoms with Gasteiger partial charge in [0.1, 0.15) is 12.4 Å². The predicted octanol–water partition coefficient (Wildman–Crippen LogP) is 4.64. The molecule has 4 rings (SSSR count). The summed E-state index contributed by atoms with van der Waals surface area (Å²) in [5.74, 6) is 2.07. The molecular formula is C27H30N2O4. The number of carbonyl (C=O) groups excluding carboxylic acids is 1. The minimum absolute atomic E-state index is 0.0318. The molecular weight excluding hydrogens is 416 g/mol. The lowest BCUT2D eigenvalue weighted by Crippen LogP contribution is -2.48. The van der Waals surface area contributed by atoms with E-state index in [9.17, 15) is 4.79 Å². The number of para-hydroxylation sites is 3. The highest BCUT2D eigenvalue weighted by molar-refractivity contribution is 5.94. The third-order valence-corrected chi connectivity index (χ3v) is 5.75. The first kappa shape index (κ1) is 22.5. The third kappa shape index (κ3) is 5.40. The number of hydrogen-bond acceptors (Lipinski definition) is 5. The van der Waals surface area contributed by atoms with Crippen LogP contribution in [0, 0.1) is 0 Å². The van der Waals surface area contributed by atoms with Crippen LogP contribution in [-0.2, 0) is 6.61 Å². The van der Waals surface area contributed by atoms with E-state index in [1.54, 1.807) is 7.11 Å². The van der Waals surface area contributed by atoms with Gasteiger partial charge in [-0.05, 0) is 49.4 Å². The van der Waals surface area contributed by atoms with Gasteiger partial charge in [-0.1, -0.05) is 30.3 Å². The Kier molecular flexibility index (Phi) is 7.35. The maximum Gasteiger partial charge on any atom is 0.253 e. The van der Waals surface area contributed by atoms with Crippen molar-refractivity contribution in [2.75, 3.05) is 44.8 Å². The summed E-state index contributed by atoms with van der Waals surface area (Å²) < 4.78 is 17.2. The number of ether oxygens (including phenoxy) is 3. The molecule has 0 saturated carbocycles. The summed E-state index contributed by atoms with van der Waals surface area (Å²) in [4.78, 5) is 17.5. The van der Waals surface area contributed by atoms with Crippen molar-refractivity contribution >= 4 is 11.6 Å². The van der Waals surface area contributed by atoms with Crippen LogP contribution in [0.1, 0.15) is 22.8 Å². The number of nitrogens with zero attached hydrogens (tertiary/aromatic N) is 2. The van der Waals surface area contributed by atoms with E-state index in [1.165, 1.54) is 5.69 Å². The van der Waals surface area contributed by atoms with Crippen molar-refractivity contribution in [3.05, 3.63) is 83.9 Å². The Morgan fingerprint density at radius 3 is 2.21 bits per heavy atom. The number of methoxy groups -OCH3 is 1. The highest BCUT2D eigenvalue weighted by Crippen LogP contribution is 2.29. The summed E-state index contributed by atoms with van der Waals surface area (Å²) in [5, 5.41) is 0. The van der Waals surface area contributed by atoms with Crippen LogP contribution in [0.4, 0.5) is 5.69 Å². The molecule has 172 valence electrons. The number of hydrogen-bond donors (Lipinski definition) is 0. The van der Waals surface area contributed by atoms with Gasteiger partial charge in [-0.2, -0.15) is 0 Å². The van der Waals surface area contributed by atoms with Gasteiger partial charge in [-0.3, -0.25) is 4.79 Å². The predicted molar refractivity (Wildman–Crippen MR) is 129 cm³/mol. The molecule has 1 amide bonds. The SMILES string of the molecule is CCOc1ccc(C(=O)N2CCN(c3ccccc3)CC2)cc1COc1ccccc1OC. The van der Waals surface area contributed by atoms with Crippen LogP contribution in [0.5, 0.6) is 17.2 Å². The third-order valence-electron chi connectivity index (χ3n) is 5.75. The van der Waals surface area contributed by atoms with E-state index in [4.69, 9.17) is 14.2 Å². The summed E-state index contributed by atoms with van der Waals surface area (Å²) >= 11 is 0. The number of carbonyl (C=O) groups is 1. The zero-order valence-corrected chi connectivity index (χ0v) is 19.2. The number of rotatable bonds is 8. The molecule has 0 unspecified atom stereocenters. The van der Waals surface area contributed by atoms with Gasteiger partial charge in [0.05, 0.1) is 13.7 Å². The molecule has 1 heterocycles. The molecule has 0 bridgehead atoms. The standard InChI is InChI=1S/C27H30N2O4/c1-3-32-24-14-13-21(19-22(24)20-33-26-12-8-7-11-25(26)31-2)27(30)29-17-15-28(16-18-29)23-9-5-4-6-10-23/h4-14,19H,3,15-18,20H2,1-2H3. The zero-order chi connectivity index (χ0) is 23.0.